The molecule has 1 atom stereocenters. The fourth-order valence-corrected chi connectivity index (χ4v) is 3.15. The second kappa shape index (κ2) is 6.43. The number of amides is 2. The molecule has 0 spiro atoms. The number of benzene rings is 2. The Balaban J connectivity index is 1.32. The van der Waals surface area contributed by atoms with Crippen LogP contribution in [0.3, 0.4) is 0 Å². The third kappa shape index (κ3) is 3.02. The van der Waals surface area contributed by atoms with Crippen LogP contribution in [0.15, 0.2) is 48.5 Å². The number of hydrogen-bond acceptors (Lipinski definition) is 3. The zero-order valence-corrected chi connectivity index (χ0v) is 13.4. The average molecular weight is 324 g/mol. The summed E-state index contributed by atoms with van der Waals surface area (Å²) in [7, 11) is 0. The highest BCUT2D eigenvalue weighted by Gasteiger charge is 2.24. The van der Waals surface area contributed by atoms with Crippen molar-refractivity contribution in [2.45, 2.75) is 19.1 Å². The molecule has 0 unspecified atom stereocenters. The molecule has 24 heavy (non-hydrogen) atoms. The maximum atomic E-state index is 12.4. The second-order valence-electron chi connectivity index (χ2n) is 6.12. The molecule has 2 aliphatic heterocycles. The summed E-state index contributed by atoms with van der Waals surface area (Å²) in [5, 5.41) is 2.97. The number of rotatable bonds is 2. The molecule has 4 rings (SSSR count). The number of nitrogens with one attached hydrogen (secondary N) is 1. The maximum Gasteiger partial charge on any atom is 0.317 e. The molecule has 0 saturated heterocycles. The van der Waals surface area contributed by atoms with Crippen LogP contribution >= 0.6 is 0 Å². The van der Waals surface area contributed by atoms with E-state index in [9.17, 15) is 4.79 Å². The highest BCUT2D eigenvalue weighted by Crippen LogP contribution is 2.30. The molecular weight excluding hydrogens is 304 g/mol. The quantitative estimate of drug-likeness (QED) is 0.924. The summed E-state index contributed by atoms with van der Waals surface area (Å²) in [6.45, 7) is 2.28. The number of urea groups is 1. The van der Waals surface area contributed by atoms with E-state index in [1.807, 2.05) is 41.3 Å². The van der Waals surface area contributed by atoms with Crippen molar-refractivity contribution in [3.8, 4) is 11.5 Å². The number of fused-ring (bicyclic) bond motifs is 2. The lowest BCUT2D eigenvalue weighted by Gasteiger charge is -2.30. The Morgan fingerprint density at radius 2 is 1.83 bits per heavy atom. The van der Waals surface area contributed by atoms with Crippen LogP contribution in [0.25, 0.3) is 0 Å². The first kappa shape index (κ1) is 14.9. The van der Waals surface area contributed by atoms with E-state index < -0.39 is 0 Å². The first-order valence-electron chi connectivity index (χ1n) is 8.27. The van der Waals surface area contributed by atoms with Crippen molar-refractivity contribution in [2.75, 3.05) is 19.7 Å². The molecule has 0 aliphatic carbocycles. The van der Waals surface area contributed by atoms with Gasteiger partial charge in [0.1, 0.15) is 6.61 Å². The van der Waals surface area contributed by atoms with Crippen LogP contribution in [-0.2, 0) is 13.0 Å². The van der Waals surface area contributed by atoms with Gasteiger partial charge in [0.15, 0.2) is 17.6 Å². The largest absolute Gasteiger partial charge is 0.486 e. The molecule has 0 radical (unpaired) electrons. The van der Waals surface area contributed by atoms with Crippen LogP contribution < -0.4 is 14.8 Å². The van der Waals surface area contributed by atoms with Crippen LogP contribution in [0.4, 0.5) is 4.79 Å². The Morgan fingerprint density at radius 3 is 2.71 bits per heavy atom. The second-order valence-corrected chi connectivity index (χ2v) is 6.12. The Bertz CT molecular complexity index is 747. The van der Waals surface area contributed by atoms with Crippen molar-refractivity contribution in [3.05, 3.63) is 59.7 Å². The van der Waals surface area contributed by atoms with Gasteiger partial charge in [0.05, 0.1) is 6.54 Å². The lowest BCUT2D eigenvalue weighted by Crippen LogP contribution is -2.47. The van der Waals surface area contributed by atoms with Gasteiger partial charge >= 0.3 is 6.03 Å². The maximum absolute atomic E-state index is 12.4. The highest BCUT2D eigenvalue weighted by atomic mass is 16.6. The van der Waals surface area contributed by atoms with Crippen molar-refractivity contribution in [1.82, 2.24) is 10.2 Å². The van der Waals surface area contributed by atoms with E-state index in [-0.39, 0.29) is 12.1 Å². The van der Waals surface area contributed by atoms with E-state index in [1.165, 1.54) is 11.1 Å². The Morgan fingerprint density at radius 1 is 1.08 bits per heavy atom. The highest BCUT2D eigenvalue weighted by molar-refractivity contribution is 5.74. The van der Waals surface area contributed by atoms with Gasteiger partial charge < -0.3 is 19.7 Å². The number of carbonyl (C=O) groups is 1. The normalized spacial score (nSPS) is 18.7. The van der Waals surface area contributed by atoms with Gasteiger partial charge in [0, 0.05) is 13.1 Å². The lowest BCUT2D eigenvalue weighted by atomic mass is 10.0. The van der Waals surface area contributed by atoms with Crippen molar-refractivity contribution < 1.29 is 14.3 Å². The van der Waals surface area contributed by atoms with E-state index in [4.69, 9.17) is 9.47 Å². The molecule has 124 valence electrons. The molecule has 2 amide bonds. The van der Waals surface area contributed by atoms with Crippen LogP contribution in [0.5, 0.6) is 11.5 Å². The van der Waals surface area contributed by atoms with Gasteiger partial charge in [-0.3, -0.25) is 0 Å². The van der Waals surface area contributed by atoms with Crippen molar-refractivity contribution in [3.63, 3.8) is 0 Å². The number of nitrogens with zero attached hydrogens (tertiary/aromatic N) is 1. The monoisotopic (exact) mass is 324 g/mol. The smallest absolute Gasteiger partial charge is 0.317 e. The predicted molar refractivity (Wildman–Crippen MR) is 90.3 cm³/mol. The summed E-state index contributed by atoms with van der Waals surface area (Å²) in [5.74, 6) is 1.49. The van der Waals surface area contributed by atoms with E-state index in [0.717, 1.165) is 24.5 Å². The van der Waals surface area contributed by atoms with Crippen LogP contribution in [0.1, 0.15) is 11.1 Å². The predicted octanol–water partition coefficient (Wildman–Crippen LogP) is 2.59. The molecule has 0 bridgehead atoms. The number of hydrogen-bond donors (Lipinski definition) is 1. The molecule has 2 aliphatic rings. The minimum Gasteiger partial charge on any atom is -0.486 e. The first-order chi connectivity index (χ1) is 11.8. The minimum absolute atomic E-state index is 0.0491. The summed E-state index contributed by atoms with van der Waals surface area (Å²) in [6.07, 6.45) is 0.737. The van der Waals surface area contributed by atoms with Crippen molar-refractivity contribution in [1.29, 1.82) is 0 Å². The molecule has 0 fully saturated rings. The molecule has 5 nitrogen and oxygen atoms in total. The van der Waals surface area contributed by atoms with Gasteiger partial charge in [0.25, 0.3) is 0 Å². The molecule has 2 aromatic rings. The van der Waals surface area contributed by atoms with Crippen LogP contribution in [0, 0.1) is 0 Å². The van der Waals surface area contributed by atoms with E-state index in [1.54, 1.807) is 0 Å². The molecule has 5 heteroatoms. The molecule has 0 aromatic heterocycles. The number of ether oxygens (including phenoxy) is 2. The SMILES string of the molecule is O=C(NC[C@H]1COc2ccccc2O1)N1CCc2ccccc2C1. The fraction of sp³-hybridized carbons (Fsp3) is 0.316. The number of carbonyl (C=O) groups excluding carboxylic acids is 1. The molecular formula is C19H20N2O3. The Kier molecular flexibility index (Phi) is 3.99. The Hall–Kier alpha value is -2.69. The molecule has 1 N–H and O–H groups in total. The van der Waals surface area contributed by atoms with Gasteiger partial charge in [-0.2, -0.15) is 0 Å². The third-order valence-electron chi connectivity index (χ3n) is 4.47. The molecule has 2 heterocycles. The van der Waals surface area contributed by atoms with E-state index in [2.05, 4.69) is 17.4 Å². The summed E-state index contributed by atoms with van der Waals surface area (Å²) < 4.78 is 11.5. The summed E-state index contributed by atoms with van der Waals surface area (Å²) in [5.41, 5.74) is 2.56. The standard InChI is InChI=1S/C19H20N2O3/c22-19(21-10-9-14-5-1-2-6-15(14)12-21)20-11-16-13-23-17-7-3-4-8-18(17)24-16/h1-8,16H,9-13H2,(H,20,22)/t16-/m0/s1. The minimum atomic E-state index is -0.166. The lowest BCUT2D eigenvalue weighted by molar-refractivity contribution is 0.0898. The summed E-state index contributed by atoms with van der Waals surface area (Å²) in [6, 6.07) is 15.8. The topological polar surface area (TPSA) is 50.8 Å². The molecule has 2 aromatic carbocycles. The van der Waals surface area contributed by atoms with Gasteiger partial charge in [0.2, 0.25) is 0 Å². The zero-order chi connectivity index (χ0) is 16.4. The summed E-state index contributed by atoms with van der Waals surface area (Å²) in [4.78, 5) is 14.3. The van der Waals surface area contributed by atoms with Gasteiger partial charge in [-0.25, -0.2) is 4.79 Å². The van der Waals surface area contributed by atoms with E-state index in [0.29, 0.717) is 19.7 Å². The van der Waals surface area contributed by atoms with E-state index >= 15 is 0 Å². The molecule has 0 saturated carbocycles. The van der Waals surface area contributed by atoms with Crippen molar-refractivity contribution in [2.24, 2.45) is 0 Å². The summed E-state index contributed by atoms with van der Waals surface area (Å²) >= 11 is 0. The van der Waals surface area contributed by atoms with Crippen molar-refractivity contribution >= 4 is 6.03 Å². The van der Waals surface area contributed by atoms with Gasteiger partial charge in [-0.05, 0) is 29.7 Å². The third-order valence-corrected chi connectivity index (χ3v) is 4.47. The van der Waals surface area contributed by atoms with Gasteiger partial charge in [-0.1, -0.05) is 36.4 Å². The zero-order valence-electron chi connectivity index (χ0n) is 13.4. The fourth-order valence-electron chi connectivity index (χ4n) is 3.15. The number of para-hydroxylation sites is 2. The van der Waals surface area contributed by atoms with Gasteiger partial charge in [-0.15, -0.1) is 0 Å². The average Bonchev–Trinajstić information content (AvgIpc) is 2.65. The van der Waals surface area contributed by atoms with Crippen LogP contribution in [0.2, 0.25) is 0 Å². The Labute approximate surface area is 141 Å². The van der Waals surface area contributed by atoms with Crippen LogP contribution in [-0.4, -0.2) is 36.7 Å². The first-order valence-corrected chi connectivity index (χ1v) is 8.27.